The molecule has 2 nitrogen and oxygen atoms in total. The lowest BCUT2D eigenvalue weighted by molar-refractivity contribution is 0.0768. The smallest absolute Gasteiger partial charge is 0.254 e. The first-order chi connectivity index (χ1) is 12.7. The van der Waals surface area contributed by atoms with Gasteiger partial charge in [0.25, 0.3) is 5.91 Å². The quantitative estimate of drug-likeness (QED) is 0.614. The number of hydrogen-bond donors (Lipinski definition) is 0. The summed E-state index contributed by atoms with van der Waals surface area (Å²) in [6, 6.07) is 20.8. The van der Waals surface area contributed by atoms with Crippen molar-refractivity contribution in [3.63, 3.8) is 0 Å². The van der Waals surface area contributed by atoms with Gasteiger partial charge in [-0.1, -0.05) is 54.6 Å². The minimum Gasteiger partial charge on any atom is -0.338 e. The molecule has 0 aromatic heterocycles. The Morgan fingerprint density at radius 2 is 1.73 bits per heavy atom. The van der Waals surface area contributed by atoms with Crippen molar-refractivity contribution in [2.24, 2.45) is 0 Å². The number of thioether (sulfide) groups is 1. The Kier molecular flexibility index (Phi) is 4.93. The molecule has 3 aromatic rings. The maximum atomic E-state index is 14.1. The molecule has 0 N–H and O–H groups in total. The standard InChI is InChI=1S/C22H20FNOS/c23-20-11-4-3-9-19(20)21-12-13-24(14-15-26-21)22(25)18-10-5-7-16-6-1-2-8-17(16)18/h1-11,21H,12-15H2/t21-/m0/s1. The molecule has 0 aliphatic carbocycles. The van der Waals surface area contributed by atoms with Crippen molar-refractivity contribution in [3.8, 4) is 0 Å². The average Bonchev–Trinajstić information content (AvgIpc) is 2.93. The lowest BCUT2D eigenvalue weighted by Gasteiger charge is -2.21. The van der Waals surface area contributed by atoms with Gasteiger partial charge >= 0.3 is 0 Å². The van der Waals surface area contributed by atoms with Crippen LogP contribution in [0, 0.1) is 5.82 Å². The molecule has 0 radical (unpaired) electrons. The van der Waals surface area contributed by atoms with Crippen molar-refractivity contribution in [1.29, 1.82) is 0 Å². The number of rotatable bonds is 2. The second-order valence-electron chi connectivity index (χ2n) is 6.49. The summed E-state index contributed by atoms with van der Waals surface area (Å²) >= 11 is 1.74. The molecule has 4 rings (SSSR count). The fourth-order valence-electron chi connectivity index (χ4n) is 3.54. The summed E-state index contributed by atoms with van der Waals surface area (Å²) in [5.74, 6) is 0.727. The maximum Gasteiger partial charge on any atom is 0.254 e. The second-order valence-corrected chi connectivity index (χ2v) is 7.80. The minimum absolute atomic E-state index is 0.0663. The van der Waals surface area contributed by atoms with Gasteiger partial charge in [-0.05, 0) is 29.3 Å². The van der Waals surface area contributed by atoms with Crippen molar-refractivity contribution < 1.29 is 9.18 Å². The van der Waals surface area contributed by atoms with E-state index in [9.17, 15) is 9.18 Å². The molecule has 1 aliphatic heterocycles. The molecule has 0 unspecified atom stereocenters. The van der Waals surface area contributed by atoms with Crippen molar-refractivity contribution in [3.05, 3.63) is 83.7 Å². The zero-order valence-corrected chi connectivity index (χ0v) is 15.2. The van der Waals surface area contributed by atoms with E-state index < -0.39 is 0 Å². The number of hydrogen-bond acceptors (Lipinski definition) is 2. The molecule has 4 heteroatoms. The van der Waals surface area contributed by atoms with Crippen LogP contribution in [-0.4, -0.2) is 29.6 Å². The maximum absolute atomic E-state index is 14.1. The molecule has 0 bridgehead atoms. The first kappa shape index (κ1) is 17.1. The number of fused-ring (bicyclic) bond motifs is 1. The van der Waals surface area contributed by atoms with Crippen LogP contribution in [0.3, 0.4) is 0 Å². The summed E-state index contributed by atoms with van der Waals surface area (Å²) in [6.45, 7) is 1.34. The Labute approximate surface area is 157 Å². The van der Waals surface area contributed by atoms with Gasteiger partial charge in [0.1, 0.15) is 5.82 Å². The molecule has 1 aliphatic rings. The van der Waals surface area contributed by atoms with Gasteiger partial charge in [0.05, 0.1) is 0 Å². The number of amides is 1. The topological polar surface area (TPSA) is 20.3 Å². The zero-order chi connectivity index (χ0) is 17.9. The van der Waals surface area contributed by atoms with Crippen LogP contribution >= 0.6 is 11.8 Å². The minimum atomic E-state index is -0.154. The molecule has 132 valence electrons. The first-order valence-electron chi connectivity index (χ1n) is 8.87. The van der Waals surface area contributed by atoms with Gasteiger partial charge < -0.3 is 4.90 Å². The highest BCUT2D eigenvalue weighted by Gasteiger charge is 2.25. The molecule has 3 aromatic carbocycles. The molecular weight excluding hydrogens is 345 g/mol. The summed E-state index contributed by atoms with van der Waals surface area (Å²) in [4.78, 5) is 15.0. The second kappa shape index (κ2) is 7.50. The van der Waals surface area contributed by atoms with E-state index in [1.165, 1.54) is 6.07 Å². The van der Waals surface area contributed by atoms with E-state index in [-0.39, 0.29) is 17.0 Å². The lowest BCUT2D eigenvalue weighted by Crippen LogP contribution is -2.33. The van der Waals surface area contributed by atoms with Gasteiger partial charge in [-0.25, -0.2) is 4.39 Å². The third kappa shape index (κ3) is 3.34. The Morgan fingerprint density at radius 1 is 0.962 bits per heavy atom. The fraction of sp³-hybridized carbons (Fsp3) is 0.227. The predicted molar refractivity (Wildman–Crippen MR) is 106 cm³/mol. The highest BCUT2D eigenvalue weighted by atomic mass is 32.2. The van der Waals surface area contributed by atoms with Gasteiger partial charge in [-0.15, -0.1) is 0 Å². The number of benzene rings is 3. The molecule has 26 heavy (non-hydrogen) atoms. The highest BCUT2D eigenvalue weighted by Crippen LogP contribution is 2.36. The van der Waals surface area contributed by atoms with Crippen molar-refractivity contribution in [2.75, 3.05) is 18.8 Å². The van der Waals surface area contributed by atoms with Crippen LogP contribution in [0.5, 0.6) is 0 Å². The SMILES string of the molecule is O=C(c1cccc2ccccc12)N1CCS[C@H](c2ccccc2F)CC1. The van der Waals surface area contributed by atoms with Crippen LogP contribution in [0.25, 0.3) is 10.8 Å². The van der Waals surface area contributed by atoms with E-state index in [0.29, 0.717) is 13.1 Å². The summed E-state index contributed by atoms with van der Waals surface area (Å²) in [5, 5.41) is 2.16. The van der Waals surface area contributed by atoms with Gasteiger partial charge in [-0.2, -0.15) is 11.8 Å². The molecule has 1 heterocycles. The zero-order valence-electron chi connectivity index (χ0n) is 14.4. The Bertz CT molecular complexity index is 937. The van der Waals surface area contributed by atoms with Crippen LogP contribution in [0.1, 0.15) is 27.6 Å². The number of nitrogens with zero attached hydrogens (tertiary/aromatic N) is 1. The molecular formula is C22H20FNOS. The summed E-state index contributed by atoms with van der Waals surface area (Å²) in [5.41, 5.74) is 1.49. The third-order valence-electron chi connectivity index (χ3n) is 4.90. The van der Waals surface area contributed by atoms with Gasteiger partial charge in [0.15, 0.2) is 0 Å². The van der Waals surface area contributed by atoms with Crippen LogP contribution in [-0.2, 0) is 0 Å². The van der Waals surface area contributed by atoms with Crippen LogP contribution in [0.4, 0.5) is 4.39 Å². The van der Waals surface area contributed by atoms with Crippen LogP contribution in [0.15, 0.2) is 66.7 Å². The van der Waals surface area contributed by atoms with E-state index in [2.05, 4.69) is 0 Å². The molecule has 1 amide bonds. The highest BCUT2D eigenvalue weighted by molar-refractivity contribution is 7.99. The Hall–Kier alpha value is -2.33. The van der Waals surface area contributed by atoms with Crippen molar-refractivity contribution >= 4 is 28.4 Å². The average molecular weight is 365 g/mol. The largest absolute Gasteiger partial charge is 0.338 e. The molecule has 1 atom stereocenters. The summed E-state index contributed by atoms with van der Waals surface area (Å²) in [6.07, 6.45) is 0.766. The van der Waals surface area contributed by atoms with E-state index in [1.807, 2.05) is 59.5 Å². The summed E-state index contributed by atoms with van der Waals surface area (Å²) in [7, 11) is 0. The number of halogens is 1. The van der Waals surface area contributed by atoms with Gasteiger partial charge in [-0.3, -0.25) is 4.79 Å². The summed E-state index contributed by atoms with van der Waals surface area (Å²) < 4.78 is 14.1. The Balaban J connectivity index is 1.55. The fourth-order valence-corrected chi connectivity index (χ4v) is 4.79. The van der Waals surface area contributed by atoms with E-state index in [0.717, 1.165) is 34.1 Å². The lowest BCUT2D eigenvalue weighted by atomic mass is 10.0. The van der Waals surface area contributed by atoms with E-state index in [4.69, 9.17) is 0 Å². The molecule has 0 saturated carbocycles. The monoisotopic (exact) mass is 365 g/mol. The van der Waals surface area contributed by atoms with Gasteiger partial charge in [0.2, 0.25) is 0 Å². The predicted octanol–water partition coefficient (Wildman–Crippen LogP) is 5.30. The molecule has 1 saturated heterocycles. The number of carbonyl (C=O) groups is 1. The van der Waals surface area contributed by atoms with Crippen molar-refractivity contribution in [2.45, 2.75) is 11.7 Å². The normalized spacial score (nSPS) is 17.9. The molecule has 0 spiro atoms. The number of carbonyl (C=O) groups excluding carboxylic acids is 1. The molecule has 1 fully saturated rings. The van der Waals surface area contributed by atoms with Crippen LogP contribution < -0.4 is 0 Å². The first-order valence-corrected chi connectivity index (χ1v) is 9.92. The van der Waals surface area contributed by atoms with E-state index in [1.54, 1.807) is 17.8 Å². The Morgan fingerprint density at radius 3 is 2.62 bits per heavy atom. The van der Waals surface area contributed by atoms with Crippen LogP contribution in [0.2, 0.25) is 0 Å². The van der Waals surface area contributed by atoms with E-state index >= 15 is 0 Å². The van der Waals surface area contributed by atoms with Crippen molar-refractivity contribution in [1.82, 2.24) is 4.90 Å². The third-order valence-corrected chi connectivity index (χ3v) is 6.21. The van der Waals surface area contributed by atoms with Gasteiger partial charge in [0, 0.05) is 35.2 Å².